The number of halogens is 2. The molecule has 0 saturated heterocycles. The fourth-order valence-corrected chi connectivity index (χ4v) is 1.56. The van der Waals surface area contributed by atoms with Gasteiger partial charge in [0, 0.05) is 10.6 Å². The molecule has 1 aromatic heterocycles. The molecule has 0 N–H and O–H groups in total. The van der Waals surface area contributed by atoms with Gasteiger partial charge in [-0.3, -0.25) is 0 Å². The first-order valence-electron chi connectivity index (χ1n) is 4.94. The van der Waals surface area contributed by atoms with Crippen molar-refractivity contribution in [1.29, 1.82) is 0 Å². The summed E-state index contributed by atoms with van der Waals surface area (Å²) in [5.74, 6) is 0.954. The summed E-state index contributed by atoms with van der Waals surface area (Å²) < 4.78 is 5.12. The molecule has 2 aromatic rings. The van der Waals surface area contributed by atoms with Gasteiger partial charge in [0.25, 0.3) is 5.89 Å². The van der Waals surface area contributed by atoms with E-state index in [1.807, 2.05) is 19.1 Å². The van der Waals surface area contributed by atoms with E-state index in [1.54, 1.807) is 12.1 Å². The smallest absolute Gasteiger partial charge is 0.258 e. The SMILES string of the molecule is CCC(Cl)c1noc(-c2cccc(Cl)c2)n1. The van der Waals surface area contributed by atoms with Crippen molar-refractivity contribution in [2.24, 2.45) is 0 Å². The van der Waals surface area contributed by atoms with E-state index < -0.39 is 0 Å². The van der Waals surface area contributed by atoms with Gasteiger partial charge in [-0.25, -0.2) is 0 Å². The highest BCUT2D eigenvalue weighted by Gasteiger charge is 2.14. The Kier molecular flexibility index (Phi) is 3.46. The summed E-state index contributed by atoms with van der Waals surface area (Å²) in [6, 6.07) is 7.25. The van der Waals surface area contributed by atoms with Crippen molar-refractivity contribution in [3.63, 3.8) is 0 Å². The summed E-state index contributed by atoms with van der Waals surface area (Å²) >= 11 is 11.9. The molecule has 2 rings (SSSR count). The Bertz CT molecular complexity index is 484. The van der Waals surface area contributed by atoms with Crippen molar-refractivity contribution in [3.8, 4) is 11.5 Å². The van der Waals surface area contributed by atoms with Crippen LogP contribution in [-0.2, 0) is 0 Å². The van der Waals surface area contributed by atoms with E-state index in [2.05, 4.69) is 10.1 Å². The average molecular weight is 257 g/mol. The van der Waals surface area contributed by atoms with Crippen molar-refractivity contribution >= 4 is 23.2 Å². The Morgan fingerprint density at radius 3 is 2.94 bits per heavy atom. The maximum absolute atomic E-state index is 6.01. The predicted octanol–water partition coefficient (Wildman–Crippen LogP) is 4.08. The first-order chi connectivity index (χ1) is 7.70. The molecular formula is C11H10Cl2N2O. The molecule has 0 saturated carbocycles. The topological polar surface area (TPSA) is 38.9 Å². The zero-order valence-corrected chi connectivity index (χ0v) is 10.2. The second kappa shape index (κ2) is 4.85. The van der Waals surface area contributed by atoms with Crippen molar-refractivity contribution in [3.05, 3.63) is 35.1 Å². The van der Waals surface area contributed by atoms with Gasteiger partial charge in [0.15, 0.2) is 5.82 Å². The lowest BCUT2D eigenvalue weighted by Crippen LogP contribution is -1.90. The maximum Gasteiger partial charge on any atom is 0.258 e. The minimum atomic E-state index is -0.211. The van der Waals surface area contributed by atoms with E-state index in [-0.39, 0.29) is 5.38 Å². The quantitative estimate of drug-likeness (QED) is 0.777. The first kappa shape index (κ1) is 11.4. The van der Waals surface area contributed by atoms with E-state index in [4.69, 9.17) is 27.7 Å². The number of alkyl halides is 1. The molecule has 0 amide bonds. The number of aromatic nitrogens is 2. The molecule has 0 radical (unpaired) electrons. The lowest BCUT2D eigenvalue weighted by Gasteiger charge is -1.96. The van der Waals surface area contributed by atoms with Gasteiger partial charge in [-0.1, -0.05) is 29.7 Å². The molecule has 0 spiro atoms. The number of hydrogen-bond acceptors (Lipinski definition) is 3. The van der Waals surface area contributed by atoms with Gasteiger partial charge in [0.05, 0.1) is 5.38 Å². The van der Waals surface area contributed by atoms with E-state index in [0.717, 1.165) is 12.0 Å². The normalized spacial score (nSPS) is 12.7. The van der Waals surface area contributed by atoms with Crippen LogP contribution in [0.1, 0.15) is 24.5 Å². The largest absolute Gasteiger partial charge is 0.334 e. The molecule has 1 atom stereocenters. The van der Waals surface area contributed by atoms with E-state index >= 15 is 0 Å². The lowest BCUT2D eigenvalue weighted by atomic mass is 10.2. The van der Waals surface area contributed by atoms with Gasteiger partial charge in [-0.15, -0.1) is 11.6 Å². The van der Waals surface area contributed by atoms with Crippen LogP contribution in [-0.4, -0.2) is 10.1 Å². The van der Waals surface area contributed by atoms with Crippen LogP contribution in [0.2, 0.25) is 5.02 Å². The van der Waals surface area contributed by atoms with Gasteiger partial charge < -0.3 is 4.52 Å². The molecule has 0 aliphatic rings. The van der Waals surface area contributed by atoms with Crippen LogP contribution in [0.4, 0.5) is 0 Å². The van der Waals surface area contributed by atoms with Gasteiger partial charge in [-0.2, -0.15) is 4.98 Å². The van der Waals surface area contributed by atoms with Crippen LogP contribution in [0, 0.1) is 0 Å². The number of hydrogen-bond donors (Lipinski definition) is 0. The summed E-state index contributed by atoms with van der Waals surface area (Å²) in [4.78, 5) is 4.22. The minimum absolute atomic E-state index is 0.211. The molecule has 0 fully saturated rings. The van der Waals surface area contributed by atoms with Crippen molar-refractivity contribution in [2.75, 3.05) is 0 Å². The van der Waals surface area contributed by atoms with Crippen LogP contribution >= 0.6 is 23.2 Å². The second-order valence-corrected chi connectivity index (χ2v) is 4.31. The Hall–Kier alpha value is -1.06. The van der Waals surface area contributed by atoms with Crippen molar-refractivity contribution in [2.45, 2.75) is 18.7 Å². The highest BCUT2D eigenvalue weighted by Crippen LogP contribution is 2.25. The van der Waals surface area contributed by atoms with Crippen LogP contribution in [0.3, 0.4) is 0 Å². The predicted molar refractivity (Wildman–Crippen MR) is 63.6 cm³/mol. The molecule has 1 unspecified atom stereocenters. The summed E-state index contributed by atoms with van der Waals surface area (Å²) in [5, 5.41) is 4.25. The number of rotatable bonds is 3. The van der Waals surface area contributed by atoms with Gasteiger partial charge in [0.2, 0.25) is 0 Å². The van der Waals surface area contributed by atoms with Crippen LogP contribution in [0.25, 0.3) is 11.5 Å². The van der Waals surface area contributed by atoms with Gasteiger partial charge >= 0.3 is 0 Å². The van der Waals surface area contributed by atoms with Crippen molar-refractivity contribution in [1.82, 2.24) is 10.1 Å². The third-order valence-corrected chi connectivity index (χ3v) is 2.89. The van der Waals surface area contributed by atoms with Crippen LogP contribution < -0.4 is 0 Å². The monoisotopic (exact) mass is 256 g/mol. The molecule has 5 heteroatoms. The van der Waals surface area contributed by atoms with E-state index in [1.165, 1.54) is 0 Å². The number of nitrogens with zero attached hydrogens (tertiary/aromatic N) is 2. The van der Waals surface area contributed by atoms with Crippen LogP contribution in [0.15, 0.2) is 28.8 Å². The summed E-state index contributed by atoms with van der Waals surface area (Å²) in [6.07, 6.45) is 0.760. The summed E-state index contributed by atoms with van der Waals surface area (Å²) in [7, 11) is 0. The second-order valence-electron chi connectivity index (χ2n) is 3.34. The molecule has 16 heavy (non-hydrogen) atoms. The Labute approximate surface area is 103 Å². The zero-order valence-electron chi connectivity index (χ0n) is 8.65. The molecule has 0 bridgehead atoms. The Balaban J connectivity index is 2.31. The van der Waals surface area contributed by atoms with Crippen molar-refractivity contribution < 1.29 is 4.52 Å². The molecule has 1 heterocycles. The summed E-state index contributed by atoms with van der Waals surface area (Å²) in [5.41, 5.74) is 0.797. The Morgan fingerprint density at radius 1 is 1.44 bits per heavy atom. The minimum Gasteiger partial charge on any atom is -0.334 e. The van der Waals surface area contributed by atoms with Gasteiger partial charge in [0.1, 0.15) is 0 Å². The van der Waals surface area contributed by atoms with E-state index in [9.17, 15) is 0 Å². The summed E-state index contributed by atoms with van der Waals surface area (Å²) in [6.45, 7) is 1.97. The molecule has 0 aliphatic heterocycles. The van der Waals surface area contributed by atoms with Gasteiger partial charge in [-0.05, 0) is 24.6 Å². The molecule has 0 aliphatic carbocycles. The fraction of sp³-hybridized carbons (Fsp3) is 0.273. The number of benzene rings is 1. The van der Waals surface area contributed by atoms with Crippen LogP contribution in [0.5, 0.6) is 0 Å². The lowest BCUT2D eigenvalue weighted by molar-refractivity contribution is 0.421. The zero-order chi connectivity index (χ0) is 11.5. The third-order valence-electron chi connectivity index (χ3n) is 2.15. The first-order valence-corrected chi connectivity index (χ1v) is 5.75. The molecule has 1 aromatic carbocycles. The third kappa shape index (κ3) is 2.36. The van der Waals surface area contributed by atoms with E-state index in [0.29, 0.717) is 16.7 Å². The highest BCUT2D eigenvalue weighted by molar-refractivity contribution is 6.30. The highest BCUT2D eigenvalue weighted by atomic mass is 35.5. The Morgan fingerprint density at radius 2 is 2.25 bits per heavy atom. The average Bonchev–Trinajstić information content (AvgIpc) is 2.77. The molecule has 3 nitrogen and oxygen atoms in total. The fourth-order valence-electron chi connectivity index (χ4n) is 1.28. The maximum atomic E-state index is 6.01. The molecule has 84 valence electrons. The molecular weight excluding hydrogens is 247 g/mol. The standard InChI is InChI=1S/C11H10Cl2N2O/c1-2-9(13)10-14-11(16-15-10)7-4-3-5-8(12)6-7/h3-6,9H,2H2,1H3.